The third-order valence-electron chi connectivity index (χ3n) is 5.71. The number of hydrogen-bond acceptors (Lipinski definition) is 5. The molecule has 2 N–H and O–H groups in total. The lowest BCUT2D eigenvalue weighted by atomic mass is 9.73. The SMILES string of the molecule is CCOc1ccc([C@@H]2C(C(=O)Nc3ccccn3)=C(C)NC3=C2C(=O)C[C@@H](C)C3)cc1. The number of dihydropyridines is 1. The zero-order valence-electron chi connectivity index (χ0n) is 18.1. The van der Waals surface area contributed by atoms with Crippen LogP contribution in [0.2, 0.25) is 0 Å². The number of ether oxygens (including phenoxy) is 1. The molecule has 4 rings (SSSR count). The standard InChI is InChI=1S/C25H27N3O3/c1-4-31-18-10-8-17(9-11-18)23-22(25(30)28-21-7-5-6-12-26-21)16(3)27-19-13-15(2)14-20(29)24(19)23/h5-12,15,23,27H,4,13-14H2,1-3H3,(H,26,28,30)/t15-,23+/m0/s1. The fourth-order valence-corrected chi connectivity index (χ4v) is 4.41. The highest BCUT2D eigenvalue weighted by molar-refractivity contribution is 6.09. The average molecular weight is 418 g/mol. The molecule has 6 heteroatoms. The number of allylic oxidation sites excluding steroid dienone is 3. The van der Waals surface area contributed by atoms with Crippen molar-refractivity contribution in [2.24, 2.45) is 5.92 Å². The van der Waals surface area contributed by atoms with E-state index in [2.05, 4.69) is 22.5 Å². The van der Waals surface area contributed by atoms with Crippen molar-refractivity contribution < 1.29 is 14.3 Å². The number of anilines is 1. The molecule has 1 aromatic heterocycles. The maximum Gasteiger partial charge on any atom is 0.255 e. The molecule has 0 spiro atoms. The molecule has 0 saturated carbocycles. The summed E-state index contributed by atoms with van der Waals surface area (Å²) in [5, 5.41) is 6.25. The van der Waals surface area contributed by atoms with Gasteiger partial charge >= 0.3 is 0 Å². The monoisotopic (exact) mass is 417 g/mol. The largest absolute Gasteiger partial charge is 0.494 e. The first-order chi connectivity index (χ1) is 15.0. The summed E-state index contributed by atoms with van der Waals surface area (Å²) in [5.41, 5.74) is 3.81. The predicted molar refractivity (Wildman–Crippen MR) is 119 cm³/mol. The van der Waals surface area contributed by atoms with E-state index in [0.717, 1.165) is 29.1 Å². The second-order valence-corrected chi connectivity index (χ2v) is 8.10. The van der Waals surface area contributed by atoms with E-state index in [9.17, 15) is 9.59 Å². The molecule has 0 unspecified atom stereocenters. The van der Waals surface area contributed by atoms with Crippen LogP contribution in [0.4, 0.5) is 5.82 Å². The second kappa shape index (κ2) is 8.76. The molecule has 31 heavy (non-hydrogen) atoms. The number of pyridine rings is 1. The third-order valence-corrected chi connectivity index (χ3v) is 5.71. The number of amides is 1. The van der Waals surface area contributed by atoms with E-state index in [0.29, 0.717) is 30.0 Å². The molecule has 0 bridgehead atoms. The number of nitrogens with one attached hydrogen (secondary N) is 2. The van der Waals surface area contributed by atoms with Gasteiger partial charge in [-0.2, -0.15) is 0 Å². The van der Waals surface area contributed by atoms with Gasteiger partial charge in [-0.05, 0) is 56.0 Å². The van der Waals surface area contributed by atoms with Crippen LogP contribution in [0.15, 0.2) is 71.2 Å². The van der Waals surface area contributed by atoms with Gasteiger partial charge in [0.15, 0.2) is 5.78 Å². The van der Waals surface area contributed by atoms with E-state index >= 15 is 0 Å². The summed E-state index contributed by atoms with van der Waals surface area (Å²) in [5.74, 6) is 0.906. The molecule has 2 atom stereocenters. The van der Waals surface area contributed by atoms with Gasteiger partial charge in [-0.25, -0.2) is 4.98 Å². The van der Waals surface area contributed by atoms with Crippen molar-refractivity contribution in [3.8, 4) is 5.75 Å². The Hall–Kier alpha value is -3.41. The van der Waals surface area contributed by atoms with Crippen LogP contribution in [-0.2, 0) is 9.59 Å². The summed E-state index contributed by atoms with van der Waals surface area (Å²) < 4.78 is 5.57. The first kappa shape index (κ1) is 20.8. The maximum absolute atomic E-state index is 13.4. The summed E-state index contributed by atoms with van der Waals surface area (Å²) in [6.07, 6.45) is 2.91. The van der Waals surface area contributed by atoms with Gasteiger partial charge in [0, 0.05) is 41.1 Å². The van der Waals surface area contributed by atoms with Crippen LogP contribution >= 0.6 is 0 Å². The summed E-state index contributed by atoms with van der Waals surface area (Å²) in [6.45, 7) is 6.49. The van der Waals surface area contributed by atoms with Crippen LogP contribution in [0, 0.1) is 5.92 Å². The highest BCUT2D eigenvalue weighted by atomic mass is 16.5. The number of aromatic nitrogens is 1. The number of rotatable bonds is 5. The van der Waals surface area contributed by atoms with Gasteiger partial charge < -0.3 is 15.4 Å². The molecule has 2 aromatic rings. The van der Waals surface area contributed by atoms with Gasteiger partial charge in [0.1, 0.15) is 11.6 Å². The molecule has 2 heterocycles. The van der Waals surface area contributed by atoms with Crippen molar-refractivity contribution in [1.82, 2.24) is 10.3 Å². The molecule has 6 nitrogen and oxygen atoms in total. The van der Waals surface area contributed by atoms with E-state index in [1.165, 1.54) is 0 Å². The van der Waals surface area contributed by atoms with Crippen molar-refractivity contribution in [3.05, 3.63) is 76.8 Å². The zero-order valence-corrected chi connectivity index (χ0v) is 18.1. The summed E-state index contributed by atoms with van der Waals surface area (Å²) >= 11 is 0. The van der Waals surface area contributed by atoms with Gasteiger partial charge in [0.25, 0.3) is 5.91 Å². The zero-order chi connectivity index (χ0) is 22.0. The number of carbonyl (C=O) groups is 2. The minimum Gasteiger partial charge on any atom is -0.494 e. The lowest BCUT2D eigenvalue weighted by Gasteiger charge is -2.36. The molecular formula is C25H27N3O3. The number of nitrogens with zero attached hydrogens (tertiary/aromatic N) is 1. The molecule has 1 aliphatic carbocycles. The third kappa shape index (κ3) is 4.24. The normalized spacial score (nSPS) is 20.8. The van der Waals surface area contributed by atoms with Crippen molar-refractivity contribution in [1.29, 1.82) is 0 Å². The Morgan fingerprint density at radius 1 is 1.19 bits per heavy atom. The minimum atomic E-state index is -0.435. The molecule has 0 saturated heterocycles. The van der Waals surface area contributed by atoms with E-state index in [1.807, 2.05) is 44.2 Å². The van der Waals surface area contributed by atoms with Gasteiger partial charge in [0.2, 0.25) is 0 Å². The number of hydrogen-bond donors (Lipinski definition) is 2. The van der Waals surface area contributed by atoms with Crippen LogP contribution < -0.4 is 15.4 Å². The van der Waals surface area contributed by atoms with Crippen molar-refractivity contribution in [2.75, 3.05) is 11.9 Å². The minimum absolute atomic E-state index is 0.0933. The van der Waals surface area contributed by atoms with Crippen LogP contribution in [0.3, 0.4) is 0 Å². The molecule has 1 aromatic carbocycles. The lowest BCUT2D eigenvalue weighted by molar-refractivity contribution is -0.117. The Kier molecular flexibility index (Phi) is 5.89. The average Bonchev–Trinajstić information content (AvgIpc) is 2.74. The maximum atomic E-state index is 13.4. The van der Waals surface area contributed by atoms with E-state index in [4.69, 9.17) is 4.74 Å². The molecule has 1 amide bonds. The predicted octanol–water partition coefficient (Wildman–Crippen LogP) is 4.33. The van der Waals surface area contributed by atoms with Crippen LogP contribution in [-0.4, -0.2) is 23.3 Å². The van der Waals surface area contributed by atoms with Crippen molar-refractivity contribution >= 4 is 17.5 Å². The quantitative estimate of drug-likeness (QED) is 0.757. The Labute approximate surface area is 182 Å². The van der Waals surface area contributed by atoms with Gasteiger partial charge in [-0.15, -0.1) is 0 Å². The molecule has 160 valence electrons. The Bertz CT molecular complexity index is 1060. The fourth-order valence-electron chi connectivity index (χ4n) is 4.41. The molecule has 2 aliphatic rings. The first-order valence-corrected chi connectivity index (χ1v) is 10.7. The van der Waals surface area contributed by atoms with E-state index in [1.54, 1.807) is 18.3 Å². The van der Waals surface area contributed by atoms with Crippen LogP contribution in [0.25, 0.3) is 0 Å². The Morgan fingerprint density at radius 3 is 2.65 bits per heavy atom. The number of benzene rings is 1. The van der Waals surface area contributed by atoms with E-state index < -0.39 is 5.92 Å². The molecule has 0 fully saturated rings. The molecule has 1 aliphatic heterocycles. The smallest absolute Gasteiger partial charge is 0.255 e. The Balaban J connectivity index is 1.77. The lowest BCUT2D eigenvalue weighted by Crippen LogP contribution is -2.37. The highest BCUT2D eigenvalue weighted by Crippen LogP contribution is 2.43. The van der Waals surface area contributed by atoms with Gasteiger partial charge in [-0.1, -0.05) is 25.1 Å². The molecule has 0 radical (unpaired) electrons. The van der Waals surface area contributed by atoms with Crippen LogP contribution in [0.5, 0.6) is 5.75 Å². The number of Topliss-reactive ketones (excluding diaryl/α,β-unsaturated/α-hetero) is 1. The van der Waals surface area contributed by atoms with Gasteiger partial charge in [0.05, 0.1) is 6.61 Å². The van der Waals surface area contributed by atoms with E-state index in [-0.39, 0.29) is 17.6 Å². The Morgan fingerprint density at radius 2 is 1.97 bits per heavy atom. The topological polar surface area (TPSA) is 80.3 Å². The summed E-state index contributed by atoms with van der Waals surface area (Å²) in [7, 11) is 0. The summed E-state index contributed by atoms with van der Waals surface area (Å²) in [4.78, 5) is 30.7. The first-order valence-electron chi connectivity index (χ1n) is 10.7. The summed E-state index contributed by atoms with van der Waals surface area (Å²) in [6, 6.07) is 13.0. The van der Waals surface area contributed by atoms with Gasteiger partial charge in [-0.3, -0.25) is 9.59 Å². The fraction of sp³-hybridized carbons (Fsp3) is 0.320. The molecular weight excluding hydrogens is 390 g/mol. The van der Waals surface area contributed by atoms with Crippen LogP contribution in [0.1, 0.15) is 45.1 Å². The van der Waals surface area contributed by atoms with Crippen molar-refractivity contribution in [3.63, 3.8) is 0 Å². The highest BCUT2D eigenvalue weighted by Gasteiger charge is 2.39. The number of carbonyl (C=O) groups excluding carboxylic acids is 2. The second-order valence-electron chi connectivity index (χ2n) is 8.10. The number of ketones is 1. The van der Waals surface area contributed by atoms with Crippen molar-refractivity contribution in [2.45, 2.75) is 39.5 Å².